The number of hydrogen-bond donors (Lipinski definition) is 1. The van der Waals surface area contributed by atoms with Gasteiger partial charge in [0.15, 0.2) is 10.8 Å². The Bertz CT molecular complexity index is 1050. The number of amides is 2. The summed E-state index contributed by atoms with van der Waals surface area (Å²) in [5.41, 5.74) is 1.63. The molecule has 2 aliphatic rings. The van der Waals surface area contributed by atoms with Gasteiger partial charge in [-0.1, -0.05) is 15.9 Å². The van der Waals surface area contributed by atoms with Gasteiger partial charge >= 0.3 is 0 Å². The van der Waals surface area contributed by atoms with E-state index in [-0.39, 0.29) is 11.8 Å². The molecule has 0 atom stereocenters. The smallest absolute Gasteiger partial charge is 0.289 e. The standard InChI is InChI=1S/C19H19BrN6O2S/c20-12-1-2-14-15(9-12)23-16(22-14)18(27)26-10-13(11-26)24-4-6-25(7-5-24)19(28)17-21-3-8-29-17/h1-3,8-9,13H,4-7,10-11H2,(H,22,23). The van der Waals surface area contributed by atoms with E-state index in [1.807, 2.05) is 33.4 Å². The number of benzene rings is 1. The Balaban J connectivity index is 1.15. The molecule has 4 heterocycles. The molecule has 1 aromatic carbocycles. The van der Waals surface area contributed by atoms with Crippen molar-refractivity contribution in [3.05, 3.63) is 45.1 Å². The molecule has 8 nitrogen and oxygen atoms in total. The number of carbonyl (C=O) groups is 2. The highest BCUT2D eigenvalue weighted by atomic mass is 79.9. The number of H-pyrrole nitrogens is 1. The number of aromatic amines is 1. The SMILES string of the molecule is O=C(c1nc2ccc(Br)cc2[nH]1)N1CC(N2CCN(C(=O)c3nccs3)CC2)C1. The van der Waals surface area contributed by atoms with Crippen LogP contribution < -0.4 is 0 Å². The van der Waals surface area contributed by atoms with Gasteiger partial charge in [-0.3, -0.25) is 14.5 Å². The Hall–Kier alpha value is -2.30. The lowest BCUT2D eigenvalue weighted by molar-refractivity contribution is 0.00797. The number of nitrogens with one attached hydrogen (secondary N) is 1. The van der Waals surface area contributed by atoms with Crippen molar-refractivity contribution in [1.29, 1.82) is 0 Å². The number of nitrogens with zero attached hydrogens (tertiary/aromatic N) is 5. The molecule has 2 aliphatic heterocycles. The number of carbonyl (C=O) groups excluding carboxylic acids is 2. The summed E-state index contributed by atoms with van der Waals surface area (Å²) in [6.45, 7) is 4.42. The summed E-state index contributed by atoms with van der Waals surface area (Å²) in [5.74, 6) is 0.336. The molecule has 2 amide bonds. The minimum atomic E-state index is -0.0637. The van der Waals surface area contributed by atoms with Gasteiger partial charge in [0.2, 0.25) is 0 Å². The molecule has 0 bridgehead atoms. The van der Waals surface area contributed by atoms with Gasteiger partial charge < -0.3 is 14.8 Å². The van der Waals surface area contributed by atoms with Crippen LogP contribution in [0.25, 0.3) is 11.0 Å². The number of imidazole rings is 1. The lowest BCUT2D eigenvalue weighted by Gasteiger charge is -2.47. The Morgan fingerprint density at radius 2 is 1.90 bits per heavy atom. The molecule has 0 radical (unpaired) electrons. The predicted octanol–water partition coefficient (Wildman–Crippen LogP) is 2.06. The van der Waals surface area contributed by atoms with Crippen LogP contribution in [0.15, 0.2) is 34.2 Å². The van der Waals surface area contributed by atoms with Crippen molar-refractivity contribution in [1.82, 2.24) is 29.7 Å². The van der Waals surface area contributed by atoms with Crippen LogP contribution in [0, 0.1) is 0 Å². The van der Waals surface area contributed by atoms with E-state index in [2.05, 4.69) is 35.8 Å². The molecule has 29 heavy (non-hydrogen) atoms. The molecule has 150 valence electrons. The van der Waals surface area contributed by atoms with E-state index in [0.717, 1.165) is 28.6 Å². The van der Waals surface area contributed by atoms with Crippen molar-refractivity contribution in [3.63, 3.8) is 0 Å². The Labute approximate surface area is 179 Å². The van der Waals surface area contributed by atoms with Crippen molar-refractivity contribution in [2.45, 2.75) is 6.04 Å². The fourth-order valence-electron chi connectivity index (χ4n) is 3.84. The lowest BCUT2D eigenvalue weighted by atomic mass is 10.1. The van der Waals surface area contributed by atoms with Crippen molar-refractivity contribution in [2.24, 2.45) is 0 Å². The van der Waals surface area contributed by atoms with Gasteiger partial charge in [-0.2, -0.15) is 0 Å². The van der Waals surface area contributed by atoms with Crippen LogP contribution in [0.4, 0.5) is 0 Å². The number of piperazine rings is 1. The summed E-state index contributed by atoms with van der Waals surface area (Å²) in [5, 5.41) is 2.38. The van der Waals surface area contributed by atoms with Gasteiger partial charge in [-0.25, -0.2) is 9.97 Å². The lowest BCUT2D eigenvalue weighted by Crippen LogP contribution is -2.64. The number of thiazole rings is 1. The first-order valence-corrected chi connectivity index (χ1v) is 11.1. The molecule has 2 aromatic heterocycles. The quantitative estimate of drug-likeness (QED) is 0.627. The second kappa shape index (κ2) is 7.51. The van der Waals surface area contributed by atoms with E-state index >= 15 is 0 Å². The average Bonchev–Trinajstić information content (AvgIpc) is 3.36. The van der Waals surface area contributed by atoms with Crippen molar-refractivity contribution in [3.8, 4) is 0 Å². The molecule has 0 spiro atoms. The van der Waals surface area contributed by atoms with Crippen molar-refractivity contribution in [2.75, 3.05) is 39.3 Å². The molecule has 3 aromatic rings. The second-order valence-electron chi connectivity index (χ2n) is 7.28. The number of halogens is 1. The predicted molar refractivity (Wildman–Crippen MR) is 113 cm³/mol. The van der Waals surface area contributed by atoms with Crippen LogP contribution in [0.5, 0.6) is 0 Å². The van der Waals surface area contributed by atoms with Gasteiger partial charge in [-0.05, 0) is 18.2 Å². The third-order valence-electron chi connectivity index (χ3n) is 5.53. The van der Waals surface area contributed by atoms with Crippen molar-refractivity contribution >= 4 is 50.1 Å². The zero-order valence-corrected chi connectivity index (χ0v) is 17.9. The fraction of sp³-hybridized carbons (Fsp3) is 0.368. The first-order chi connectivity index (χ1) is 14.1. The number of aromatic nitrogens is 3. The van der Waals surface area contributed by atoms with Gasteiger partial charge in [0.25, 0.3) is 11.8 Å². The highest BCUT2D eigenvalue weighted by Crippen LogP contribution is 2.22. The zero-order valence-electron chi connectivity index (χ0n) is 15.5. The van der Waals surface area contributed by atoms with Crippen molar-refractivity contribution < 1.29 is 9.59 Å². The van der Waals surface area contributed by atoms with E-state index in [1.54, 1.807) is 6.20 Å². The van der Waals surface area contributed by atoms with E-state index in [4.69, 9.17) is 0 Å². The van der Waals surface area contributed by atoms with Crippen LogP contribution in [-0.2, 0) is 0 Å². The molecular formula is C19H19BrN6O2S. The van der Waals surface area contributed by atoms with Crippen LogP contribution >= 0.6 is 27.3 Å². The Morgan fingerprint density at radius 1 is 1.10 bits per heavy atom. The van der Waals surface area contributed by atoms with Gasteiger partial charge in [0.1, 0.15) is 0 Å². The zero-order chi connectivity index (χ0) is 20.0. The second-order valence-corrected chi connectivity index (χ2v) is 9.09. The molecule has 0 aliphatic carbocycles. The maximum atomic E-state index is 12.7. The summed E-state index contributed by atoms with van der Waals surface area (Å²) in [7, 11) is 0. The normalized spacial score (nSPS) is 18.2. The van der Waals surface area contributed by atoms with Crippen LogP contribution in [0.2, 0.25) is 0 Å². The molecule has 5 rings (SSSR count). The highest BCUT2D eigenvalue weighted by molar-refractivity contribution is 9.10. The molecule has 1 N–H and O–H groups in total. The van der Waals surface area contributed by atoms with E-state index in [1.165, 1.54) is 11.3 Å². The minimum absolute atomic E-state index is 0.0154. The van der Waals surface area contributed by atoms with Gasteiger partial charge in [0, 0.05) is 61.4 Å². The number of rotatable bonds is 3. The third kappa shape index (κ3) is 3.56. The average molecular weight is 475 g/mol. The highest BCUT2D eigenvalue weighted by Gasteiger charge is 2.38. The monoisotopic (exact) mass is 474 g/mol. The summed E-state index contributed by atoms with van der Waals surface area (Å²) >= 11 is 4.81. The summed E-state index contributed by atoms with van der Waals surface area (Å²) in [6.07, 6.45) is 1.66. The maximum absolute atomic E-state index is 12.7. The number of hydrogen-bond acceptors (Lipinski definition) is 6. The van der Waals surface area contributed by atoms with Gasteiger partial charge in [0.05, 0.1) is 11.0 Å². The molecule has 10 heteroatoms. The van der Waals surface area contributed by atoms with Crippen LogP contribution in [0.3, 0.4) is 0 Å². The molecule has 2 fully saturated rings. The summed E-state index contributed by atoms with van der Waals surface area (Å²) in [4.78, 5) is 42.8. The largest absolute Gasteiger partial charge is 0.334 e. The Kier molecular flexibility index (Phi) is 4.84. The third-order valence-corrected chi connectivity index (χ3v) is 6.78. The Morgan fingerprint density at radius 3 is 2.62 bits per heavy atom. The molecule has 2 saturated heterocycles. The molecule has 0 unspecified atom stereocenters. The van der Waals surface area contributed by atoms with Crippen LogP contribution in [-0.4, -0.2) is 86.8 Å². The topological polar surface area (TPSA) is 85.4 Å². The maximum Gasteiger partial charge on any atom is 0.289 e. The number of likely N-dealkylation sites (tertiary alicyclic amines) is 1. The van der Waals surface area contributed by atoms with E-state index in [9.17, 15) is 9.59 Å². The van der Waals surface area contributed by atoms with Crippen LogP contribution in [0.1, 0.15) is 20.4 Å². The fourth-order valence-corrected chi connectivity index (χ4v) is 4.80. The van der Waals surface area contributed by atoms with E-state index in [0.29, 0.717) is 43.1 Å². The van der Waals surface area contributed by atoms with E-state index < -0.39 is 0 Å². The summed E-state index contributed by atoms with van der Waals surface area (Å²) < 4.78 is 0.948. The summed E-state index contributed by atoms with van der Waals surface area (Å²) in [6, 6.07) is 6.06. The first-order valence-electron chi connectivity index (χ1n) is 9.46. The first kappa shape index (κ1) is 18.7. The molecular weight excluding hydrogens is 456 g/mol. The molecule has 0 saturated carbocycles. The minimum Gasteiger partial charge on any atom is -0.334 e. The van der Waals surface area contributed by atoms with Gasteiger partial charge in [-0.15, -0.1) is 11.3 Å². The number of fused-ring (bicyclic) bond motifs is 1.